The number of hydrogen-bond acceptors (Lipinski definition) is 12. The summed E-state index contributed by atoms with van der Waals surface area (Å²) in [7, 11) is -3.76. The maximum atomic E-state index is 12.7. The van der Waals surface area contributed by atoms with Crippen molar-refractivity contribution in [1.82, 2.24) is 14.6 Å². The van der Waals surface area contributed by atoms with E-state index in [0.29, 0.717) is 0 Å². The third-order valence-electron chi connectivity index (χ3n) is 4.18. The molecule has 2 aromatic heterocycles. The monoisotopic (exact) mass is 527 g/mol. The average molecular weight is 528 g/mol. The van der Waals surface area contributed by atoms with Crippen LogP contribution in [0.2, 0.25) is 0 Å². The van der Waals surface area contributed by atoms with Crippen LogP contribution < -0.4 is 11.1 Å². The van der Waals surface area contributed by atoms with Crippen LogP contribution >= 0.6 is 22.7 Å². The van der Waals surface area contributed by atoms with Crippen LogP contribution in [0.5, 0.6) is 0 Å². The number of carbonyl (C=O) groups excluding carboxylic acids is 3. The number of nitrogen functional groups attached to an aromatic ring is 1. The third-order valence-corrected chi connectivity index (χ3v) is 6.68. The van der Waals surface area contributed by atoms with Gasteiger partial charge in [0.15, 0.2) is 10.8 Å². The summed E-state index contributed by atoms with van der Waals surface area (Å²) < 4.78 is 37.7. The average Bonchev–Trinajstić information content (AvgIpc) is 3.37. The maximum absolute atomic E-state index is 12.7. The molecule has 2 aromatic rings. The van der Waals surface area contributed by atoms with Gasteiger partial charge < -0.3 is 20.6 Å². The molecule has 0 aromatic carbocycles. The molecule has 3 rings (SSSR count). The molecule has 0 spiro atoms. The Morgan fingerprint density at radius 1 is 1.39 bits per heavy atom. The Labute approximate surface area is 218 Å². The number of ether oxygens (including phenoxy) is 1. The number of thiazole rings is 1. The van der Waals surface area contributed by atoms with E-state index < -0.39 is 46.8 Å². The van der Waals surface area contributed by atoms with Gasteiger partial charge in [0, 0.05) is 10.3 Å². The predicted molar refractivity (Wildman–Crippen MR) is 120 cm³/mol. The van der Waals surface area contributed by atoms with E-state index >= 15 is 0 Å². The molecule has 2 amide bonds. The number of rotatable bonds is 9. The summed E-state index contributed by atoms with van der Waals surface area (Å²) >= 11 is 2.37. The van der Waals surface area contributed by atoms with E-state index in [0.717, 1.165) is 16.2 Å². The summed E-state index contributed by atoms with van der Waals surface area (Å²) in [5.74, 6) is -2.71. The molecule has 0 bridgehead atoms. The van der Waals surface area contributed by atoms with Crippen molar-refractivity contribution in [2.45, 2.75) is 18.5 Å². The van der Waals surface area contributed by atoms with Crippen LogP contribution in [0.25, 0.3) is 0 Å². The Morgan fingerprint density at radius 3 is 2.67 bits per heavy atom. The van der Waals surface area contributed by atoms with Crippen LogP contribution in [0.15, 0.2) is 28.0 Å². The molecule has 1 saturated heterocycles. The van der Waals surface area contributed by atoms with Gasteiger partial charge in [-0.05, 0) is 11.4 Å². The quantitative estimate of drug-likeness (QED) is 0.0889. The van der Waals surface area contributed by atoms with Gasteiger partial charge in [-0.3, -0.25) is 18.9 Å². The van der Waals surface area contributed by atoms with Crippen LogP contribution in [0.3, 0.4) is 0 Å². The number of oxime groups is 1. The number of hydrogen-bond donors (Lipinski definition) is 3. The van der Waals surface area contributed by atoms with Crippen LogP contribution in [0.4, 0.5) is 5.13 Å². The Bertz CT molecular complexity index is 1150. The van der Waals surface area contributed by atoms with Gasteiger partial charge in [0.2, 0.25) is 0 Å². The van der Waals surface area contributed by atoms with Gasteiger partial charge in [-0.1, -0.05) is 11.2 Å². The second-order valence-corrected chi connectivity index (χ2v) is 9.47. The zero-order chi connectivity index (χ0) is 23.5. The normalized spacial score (nSPS) is 18.2. The summed E-state index contributed by atoms with van der Waals surface area (Å²) in [6.07, 6.45) is -0.0584. The SMILES string of the molecule is CO/N=C(\C(=O)NC1C(=O)N(S(=O)(=O)O)C1COC(=O)Cc1cccs1)c1csc(N)n1.[NaH]. The van der Waals surface area contributed by atoms with Gasteiger partial charge in [-0.25, -0.2) is 9.29 Å². The first-order valence-corrected chi connectivity index (χ1v) is 11.9. The molecular weight excluding hydrogens is 509 g/mol. The van der Waals surface area contributed by atoms with Crippen molar-refractivity contribution in [2.24, 2.45) is 5.16 Å². The second-order valence-electron chi connectivity index (χ2n) is 6.26. The number of amides is 2. The van der Waals surface area contributed by atoms with Gasteiger partial charge >= 0.3 is 45.8 Å². The number of nitrogens with two attached hydrogens (primary N) is 1. The summed E-state index contributed by atoms with van der Waals surface area (Å²) in [6, 6.07) is 0.683. The molecule has 0 aliphatic carbocycles. The van der Waals surface area contributed by atoms with E-state index in [1.54, 1.807) is 17.5 Å². The van der Waals surface area contributed by atoms with E-state index in [1.807, 2.05) is 0 Å². The molecule has 13 nitrogen and oxygen atoms in total. The fourth-order valence-electron chi connectivity index (χ4n) is 2.81. The number of nitrogens with one attached hydrogen (secondary N) is 1. The van der Waals surface area contributed by atoms with Gasteiger partial charge in [0.1, 0.15) is 31.5 Å². The number of esters is 1. The molecule has 1 fully saturated rings. The minimum atomic E-state index is -4.95. The summed E-state index contributed by atoms with van der Waals surface area (Å²) in [4.78, 5) is 46.3. The first kappa shape index (κ1) is 27.2. The van der Waals surface area contributed by atoms with Gasteiger partial charge in [0.25, 0.3) is 11.8 Å². The van der Waals surface area contributed by atoms with Crippen molar-refractivity contribution in [2.75, 3.05) is 19.5 Å². The molecule has 2 atom stereocenters. The van der Waals surface area contributed by atoms with Gasteiger partial charge in [0.05, 0.1) is 6.42 Å². The summed E-state index contributed by atoms with van der Waals surface area (Å²) in [6.45, 7) is -0.582. The van der Waals surface area contributed by atoms with E-state index in [-0.39, 0.29) is 56.8 Å². The minimum absolute atomic E-state index is 0. The molecule has 1 aliphatic heterocycles. The van der Waals surface area contributed by atoms with Crippen molar-refractivity contribution in [3.63, 3.8) is 0 Å². The molecule has 1 aliphatic rings. The Kier molecular flexibility index (Phi) is 9.36. The molecule has 0 radical (unpaired) electrons. The van der Waals surface area contributed by atoms with Gasteiger partial charge in [-0.2, -0.15) is 8.42 Å². The first-order chi connectivity index (χ1) is 15.1. The number of thiophene rings is 1. The summed E-state index contributed by atoms with van der Waals surface area (Å²) in [5.41, 5.74) is 5.31. The van der Waals surface area contributed by atoms with E-state index in [1.165, 1.54) is 23.8 Å². The van der Waals surface area contributed by atoms with Crippen LogP contribution in [-0.2, 0) is 40.7 Å². The molecule has 0 saturated carbocycles. The zero-order valence-electron chi connectivity index (χ0n) is 16.3. The van der Waals surface area contributed by atoms with E-state index in [2.05, 4.69) is 20.3 Å². The molecule has 17 heteroatoms. The number of carbonyl (C=O) groups is 3. The molecular formula is C16H18N5NaO8S3. The molecule has 33 heavy (non-hydrogen) atoms. The molecule has 2 unspecified atom stereocenters. The standard InChI is InChI=1S/C16H17N5O8S3.Na.H/c1-28-20-12(9-7-31-16(17)18-9)14(23)19-13-10(21(15(13)24)32(25,26)27)6-29-11(22)5-8-3-2-4-30-8;;/h2-4,7,10,13H,5-6H2,1H3,(H2,17,18)(H,19,23)(H,25,26,27);;/b20-12-;;. The number of anilines is 1. The second kappa shape index (κ2) is 11.4. The van der Waals surface area contributed by atoms with Crippen molar-refractivity contribution in [1.29, 1.82) is 0 Å². The summed E-state index contributed by atoms with van der Waals surface area (Å²) in [5, 5.41) is 9.23. The van der Waals surface area contributed by atoms with Crippen molar-refractivity contribution >= 4 is 91.2 Å². The van der Waals surface area contributed by atoms with E-state index in [9.17, 15) is 27.4 Å². The van der Waals surface area contributed by atoms with Crippen molar-refractivity contribution < 1.29 is 36.9 Å². The number of β-lactam (4-membered cyclic amide) rings is 1. The Hall–Kier alpha value is -2.08. The number of aromatic nitrogens is 1. The van der Waals surface area contributed by atoms with E-state index in [4.69, 9.17) is 10.5 Å². The fourth-order valence-corrected chi connectivity index (χ4v) is 4.92. The van der Waals surface area contributed by atoms with Crippen molar-refractivity contribution in [3.8, 4) is 0 Å². The third kappa shape index (κ3) is 6.50. The fraction of sp³-hybridized carbons (Fsp3) is 0.312. The Morgan fingerprint density at radius 2 is 2.12 bits per heavy atom. The molecule has 3 heterocycles. The number of nitrogens with zero attached hydrogens (tertiary/aromatic N) is 3. The Balaban J connectivity index is 0.00000385. The van der Waals surface area contributed by atoms with Crippen molar-refractivity contribution in [3.05, 3.63) is 33.5 Å². The first-order valence-electron chi connectivity index (χ1n) is 8.74. The molecule has 4 N–H and O–H groups in total. The van der Waals surface area contributed by atoms with Crippen LogP contribution in [-0.4, -0.2) is 101 Å². The zero-order valence-corrected chi connectivity index (χ0v) is 18.8. The molecule has 174 valence electrons. The topological polar surface area (TPSA) is 191 Å². The van der Waals surface area contributed by atoms with Gasteiger partial charge in [-0.15, -0.1) is 22.7 Å². The van der Waals surface area contributed by atoms with Crippen LogP contribution in [0.1, 0.15) is 10.6 Å². The van der Waals surface area contributed by atoms with Crippen LogP contribution in [0, 0.1) is 0 Å². The predicted octanol–water partition coefficient (Wildman–Crippen LogP) is -1.23.